The number of hydrogen-bond acceptors (Lipinski definition) is 4. The van der Waals surface area contributed by atoms with Crippen molar-refractivity contribution in [1.29, 1.82) is 0 Å². The number of carbonyl (C=O) groups excluding carboxylic acids is 2. The second-order valence-electron chi connectivity index (χ2n) is 6.98. The van der Waals surface area contributed by atoms with Crippen LogP contribution in [0, 0.1) is 0 Å². The highest BCUT2D eigenvalue weighted by molar-refractivity contribution is 7.99. The number of nitrogens with zero attached hydrogens (tertiary/aromatic N) is 2. The van der Waals surface area contributed by atoms with Gasteiger partial charge >= 0.3 is 6.03 Å². The van der Waals surface area contributed by atoms with Gasteiger partial charge in [0.05, 0.1) is 24.3 Å². The van der Waals surface area contributed by atoms with Crippen LogP contribution in [-0.2, 0) is 11.3 Å². The van der Waals surface area contributed by atoms with Crippen LogP contribution in [0.2, 0.25) is 0 Å². The normalized spacial score (nSPS) is 20.8. The SMILES string of the molecule is CCCCC(=O)NCCn1ccc(C(C)C)n1.O=C1NC2CSCC2N1. The van der Waals surface area contributed by atoms with Gasteiger partial charge in [-0.15, -0.1) is 0 Å². The molecule has 0 aliphatic carbocycles. The summed E-state index contributed by atoms with van der Waals surface area (Å²) in [5.74, 6) is 2.74. The molecule has 3 N–H and O–H groups in total. The Bertz CT molecular complexity index is 576. The van der Waals surface area contributed by atoms with Crippen LogP contribution in [0.15, 0.2) is 12.3 Å². The molecule has 2 fully saturated rings. The van der Waals surface area contributed by atoms with E-state index in [4.69, 9.17) is 0 Å². The topological polar surface area (TPSA) is 88.0 Å². The van der Waals surface area contributed by atoms with Gasteiger partial charge in [-0.2, -0.15) is 16.9 Å². The second kappa shape index (κ2) is 10.4. The van der Waals surface area contributed by atoms with Gasteiger partial charge in [-0.05, 0) is 18.4 Å². The highest BCUT2D eigenvalue weighted by atomic mass is 32.2. The molecule has 1 aromatic rings. The Morgan fingerprint density at radius 3 is 2.65 bits per heavy atom. The molecule has 0 bridgehead atoms. The van der Waals surface area contributed by atoms with Gasteiger partial charge in [0.25, 0.3) is 0 Å². The average Bonchev–Trinajstić information content (AvgIpc) is 3.29. The van der Waals surface area contributed by atoms with E-state index in [0.717, 1.165) is 36.6 Å². The summed E-state index contributed by atoms with van der Waals surface area (Å²) in [6.07, 6.45) is 4.62. The summed E-state index contributed by atoms with van der Waals surface area (Å²) >= 11 is 1.89. The maximum Gasteiger partial charge on any atom is 0.315 e. The van der Waals surface area contributed by atoms with Crippen LogP contribution in [0.1, 0.15) is 51.6 Å². The highest BCUT2D eigenvalue weighted by Crippen LogP contribution is 2.20. The van der Waals surface area contributed by atoms with Crippen molar-refractivity contribution in [2.24, 2.45) is 0 Å². The summed E-state index contributed by atoms with van der Waals surface area (Å²) in [6, 6.07) is 2.85. The molecular weight excluding hydrogens is 350 g/mol. The predicted molar refractivity (Wildman–Crippen MR) is 105 cm³/mol. The Labute approximate surface area is 160 Å². The van der Waals surface area contributed by atoms with Crippen LogP contribution in [0.3, 0.4) is 0 Å². The van der Waals surface area contributed by atoms with E-state index < -0.39 is 0 Å². The van der Waals surface area contributed by atoms with Gasteiger partial charge in [0, 0.05) is 30.7 Å². The van der Waals surface area contributed by atoms with Gasteiger partial charge in [-0.3, -0.25) is 9.48 Å². The number of thioether (sulfide) groups is 1. The molecule has 8 heteroatoms. The third-order valence-electron chi connectivity index (χ3n) is 4.39. The van der Waals surface area contributed by atoms with E-state index in [-0.39, 0.29) is 11.9 Å². The molecule has 7 nitrogen and oxygen atoms in total. The molecule has 0 saturated carbocycles. The van der Waals surface area contributed by atoms with E-state index in [9.17, 15) is 9.59 Å². The van der Waals surface area contributed by atoms with Crippen LogP contribution in [0.5, 0.6) is 0 Å². The third-order valence-corrected chi connectivity index (χ3v) is 5.58. The number of unbranched alkanes of at least 4 members (excludes halogenated alkanes) is 1. The first-order valence-corrected chi connectivity index (χ1v) is 10.6. The summed E-state index contributed by atoms with van der Waals surface area (Å²) < 4.78 is 1.88. The summed E-state index contributed by atoms with van der Waals surface area (Å²) in [5, 5.41) is 13.0. The molecule has 0 radical (unpaired) electrons. The molecule has 146 valence electrons. The molecule has 3 rings (SSSR count). The maximum atomic E-state index is 11.4. The molecule has 0 aromatic carbocycles. The molecule has 2 atom stereocenters. The van der Waals surface area contributed by atoms with Gasteiger partial charge in [0.2, 0.25) is 5.91 Å². The fourth-order valence-corrected chi connectivity index (χ4v) is 4.04. The van der Waals surface area contributed by atoms with Crippen LogP contribution in [-0.4, -0.2) is 51.9 Å². The zero-order valence-corrected chi connectivity index (χ0v) is 16.8. The molecule has 0 spiro atoms. The molecule has 2 aliphatic rings. The monoisotopic (exact) mass is 381 g/mol. The number of hydrogen-bond donors (Lipinski definition) is 3. The second-order valence-corrected chi connectivity index (χ2v) is 8.06. The van der Waals surface area contributed by atoms with Crippen molar-refractivity contribution in [3.63, 3.8) is 0 Å². The molecule has 1 aromatic heterocycles. The molecule has 26 heavy (non-hydrogen) atoms. The lowest BCUT2D eigenvalue weighted by molar-refractivity contribution is -0.121. The van der Waals surface area contributed by atoms with E-state index >= 15 is 0 Å². The summed E-state index contributed by atoms with van der Waals surface area (Å²) in [7, 11) is 0. The maximum absolute atomic E-state index is 11.4. The minimum atomic E-state index is 0.00491. The van der Waals surface area contributed by atoms with Crippen molar-refractivity contribution in [2.45, 2.75) is 64.6 Å². The lowest BCUT2D eigenvalue weighted by Crippen LogP contribution is -2.31. The molecular formula is C18H31N5O2S. The van der Waals surface area contributed by atoms with Crippen molar-refractivity contribution in [3.8, 4) is 0 Å². The lowest BCUT2D eigenvalue weighted by atomic mass is 10.1. The largest absolute Gasteiger partial charge is 0.354 e. The Balaban J connectivity index is 0.000000223. The number of carbonyl (C=O) groups is 2. The summed E-state index contributed by atoms with van der Waals surface area (Å²) in [4.78, 5) is 22.0. The highest BCUT2D eigenvalue weighted by Gasteiger charge is 2.35. The van der Waals surface area contributed by atoms with E-state index in [1.165, 1.54) is 0 Å². The van der Waals surface area contributed by atoms with Crippen LogP contribution in [0.4, 0.5) is 4.79 Å². The fourth-order valence-electron chi connectivity index (χ4n) is 2.76. The smallest absolute Gasteiger partial charge is 0.315 e. The van der Waals surface area contributed by atoms with E-state index in [1.54, 1.807) is 0 Å². The predicted octanol–water partition coefficient (Wildman–Crippen LogP) is 2.10. The molecule has 2 aliphatic heterocycles. The van der Waals surface area contributed by atoms with Gasteiger partial charge in [-0.1, -0.05) is 27.2 Å². The number of aromatic nitrogens is 2. The number of nitrogens with one attached hydrogen (secondary N) is 3. The Kier molecular flexibility index (Phi) is 8.28. The van der Waals surface area contributed by atoms with Gasteiger partial charge in [0.1, 0.15) is 0 Å². The van der Waals surface area contributed by atoms with Crippen LogP contribution in [0.25, 0.3) is 0 Å². The first kappa shape index (κ1) is 20.6. The average molecular weight is 382 g/mol. The zero-order valence-electron chi connectivity index (χ0n) is 16.0. The fraction of sp³-hybridized carbons (Fsp3) is 0.722. The Morgan fingerprint density at radius 1 is 1.38 bits per heavy atom. The van der Waals surface area contributed by atoms with Crippen molar-refractivity contribution < 1.29 is 9.59 Å². The molecule has 3 amide bonds. The number of fused-ring (bicyclic) bond motifs is 1. The van der Waals surface area contributed by atoms with Crippen LogP contribution >= 0.6 is 11.8 Å². The minimum absolute atomic E-state index is 0.00491. The van der Waals surface area contributed by atoms with E-state index in [0.29, 0.717) is 31.0 Å². The number of urea groups is 1. The minimum Gasteiger partial charge on any atom is -0.354 e. The first-order valence-electron chi connectivity index (χ1n) is 9.44. The number of rotatable bonds is 7. The van der Waals surface area contributed by atoms with Crippen molar-refractivity contribution in [1.82, 2.24) is 25.7 Å². The number of amides is 3. The zero-order chi connectivity index (χ0) is 18.9. The third kappa shape index (κ3) is 6.55. The molecule has 3 heterocycles. The van der Waals surface area contributed by atoms with Crippen molar-refractivity contribution in [3.05, 3.63) is 18.0 Å². The van der Waals surface area contributed by atoms with Gasteiger partial charge in [0.15, 0.2) is 0 Å². The van der Waals surface area contributed by atoms with Gasteiger partial charge < -0.3 is 16.0 Å². The van der Waals surface area contributed by atoms with Crippen LogP contribution < -0.4 is 16.0 Å². The Hall–Kier alpha value is -1.70. The van der Waals surface area contributed by atoms with E-state index in [1.807, 2.05) is 28.7 Å². The summed E-state index contributed by atoms with van der Waals surface area (Å²) in [5.41, 5.74) is 1.10. The Morgan fingerprint density at radius 2 is 2.08 bits per heavy atom. The van der Waals surface area contributed by atoms with Crippen molar-refractivity contribution in [2.75, 3.05) is 18.1 Å². The molecule has 2 saturated heterocycles. The standard InChI is InChI=1S/C13H23N3O.C5H8N2OS/c1-4-5-6-13(17)14-8-10-16-9-7-12(15-16)11(2)3;8-5-6-3-1-9-2-4(3)7-5/h7,9,11H,4-6,8,10H2,1-3H3,(H,14,17);3-4H,1-2H2,(H2,6,7,8). The molecule has 2 unspecified atom stereocenters. The quantitative estimate of drug-likeness (QED) is 0.631. The first-order chi connectivity index (χ1) is 12.5. The van der Waals surface area contributed by atoms with Gasteiger partial charge in [-0.25, -0.2) is 4.79 Å². The van der Waals surface area contributed by atoms with Crippen molar-refractivity contribution >= 4 is 23.7 Å². The summed E-state index contributed by atoms with van der Waals surface area (Å²) in [6.45, 7) is 7.73. The van der Waals surface area contributed by atoms with E-state index in [2.05, 4.69) is 41.8 Å². The lowest BCUT2D eigenvalue weighted by Gasteiger charge is -2.05.